The molecule has 9 heteroatoms. The number of aromatic nitrogens is 2. The maximum atomic E-state index is 11.8. The Morgan fingerprint density at radius 1 is 1.25 bits per heavy atom. The second-order valence-corrected chi connectivity index (χ2v) is 8.07. The third kappa shape index (κ3) is 3.58. The van der Waals surface area contributed by atoms with Crippen molar-refractivity contribution in [2.75, 3.05) is 13.7 Å². The summed E-state index contributed by atoms with van der Waals surface area (Å²) in [6, 6.07) is 12.6. The first kappa shape index (κ1) is 21.8. The first-order valence-electron chi connectivity index (χ1n) is 10.4. The van der Waals surface area contributed by atoms with Gasteiger partial charge in [-0.1, -0.05) is 6.07 Å². The molecule has 4 rings (SSSR count). The monoisotopic (exact) mass is 451 g/mol. The number of nitro benzene ring substituents is 1. The summed E-state index contributed by atoms with van der Waals surface area (Å²) in [5.74, 6) is 0.445. The fourth-order valence-corrected chi connectivity index (χ4v) is 4.88. The molecule has 1 aliphatic rings. The number of aryl methyl sites for hydroxylation is 1. The first-order valence-corrected chi connectivity index (χ1v) is 10.8. The highest BCUT2D eigenvalue weighted by Crippen LogP contribution is 2.42. The molecule has 8 nitrogen and oxygen atoms in total. The van der Waals surface area contributed by atoms with E-state index in [0.29, 0.717) is 16.5 Å². The smallest absolute Gasteiger partial charge is 0.296 e. The summed E-state index contributed by atoms with van der Waals surface area (Å²) in [5, 5.41) is 15.9. The Kier molecular flexibility index (Phi) is 5.84. The maximum absolute atomic E-state index is 11.8. The second-order valence-electron chi connectivity index (χ2n) is 7.69. The largest absolute Gasteiger partial charge is 0.496 e. The number of pyridine rings is 1. The van der Waals surface area contributed by atoms with Crippen LogP contribution in [0.5, 0.6) is 5.75 Å². The van der Waals surface area contributed by atoms with Crippen molar-refractivity contribution >= 4 is 23.0 Å². The van der Waals surface area contributed by atoms with Crippen molar-refractivity contribution in [2.45, 2.75) is 32.9 Å². The Morgan fingerprint density at radius 3 is 2.66 bits per heavy atom. The second kappa shape index (κ2) is 8.58. The lowest BCUT2D eigenvalue weighted by atomic mass is 9.97. The molecule has 3 heterocycles. The van der Waals surface area contributed by atoms with Gasteiger partial charge in [0, 0.05) is 24.1 Å². The fourth-order valence-electron chi connectivity index (χ4n) is 4.51. The molecule has 32 heavy (non-hydrogen) atoms. The van der Waals surface area contributed by atoms with Crippen molar-refractivity contribution < 1.29 is 9.66 Å². The van der Waals surface area contributed by atoms with E-state index in [1.165, 1.54) is 13.2 Å². The van der Waals surface area contributed by atoms with E-state index in [4.69, 9.17) is 17.0 Å². The van der Waals surface area contributed by atoms with Crippen molar-refractivity contribution in [3.8, 4) is 11.4 Å². The van der Waals surface area contributed by atoms with E-state index in [-0.39, 0.29) is 22.7 Å². The Morgan fingerprint density at radius 2 is 2.03 bits per heavy atom. The third-order valence-electron chi connectivity index (χ3n) is 5.95. The molecule has 166 valence electrons. The van der Waals surface area contributed by atoms with Gasteiger partial charge >= 0.3 is 0 Å². The van der Waals surface area contributed by atoms with Crippen molar-refractivity contribution in [1.29, 1.82) is 0 Å². The van der Waals surface area contributed by atoms with E-state index in [9.17, 15) is 10.1 Å². The highest BCUT2D eigenvalue weighted by atomic mass is 32.1. The van der Waals surface area contributed by atoms with Crippen LogP contribution in [0.3, 0.4) is 0 Å². The van der Waals surface area contributed by atoms with Gasteiger partial charge in [-0.15, -0.1) is 0 Å². The van der Waals surface area contributed by atoms with E-state index >= 15 is 0 Å². The summed E-state index contributed by atoms with van der Waals surface area (Å²) >= 11 is 5.63. The van der Waals surface area contributed by atoms with Crippen LogP contribution in [-0.4, -0.2) is 38.1 Å². The van der Waals surface area contributed by atoms with E-state index in [0.717, 1.165) is 29.2 Å². The minimum Gasteiger partial charge on any atom is -0.496 e. The molecule has 1 saturated heterocycles. The lowest BCUT2D eigenvalue weighted by Crippen LogP contribution is -2.29. The highest BCUT2D eigenvalue weighted by Gasteiger charge is 2.40. The van der Waals surface area contributed by atoms with E-state index < -0.39 is 0 Å². The number of likely N-dealkylation sites (N-methyl/N-ethyl adjacent to an activating group) is 1. The summed E-state index contributed by atoms with van der Waals surface area (Å²) in [6.07, 6.45) is 1.77. The van der Waals surface area contributed by atoms with E-state index in [2.05, 4.69) is 28.2 Å². The van der Waals surface area contributed by atoms with Gasteiger partial charge in [0.05, 0.1) is 35.9 Å². The van der Waals surface area contributed by atoms with Crippen molar-refractivity contribution in [2.24, 2.45) is 0 Å². The van der Waals surface area contributed by atoms with Crippen molar-refractivity contribution in [3.05, 3.63) is 81.4 Å². The number of methoxy groups -OCH3 is 1. The van der Waals surface area contributed by atoms with Crippen LogP contribution < -0.4 is 10.1 Å². The van der Waals surface area contributed by atoms with Crippen molar-refractivity contribution in [1.82, 2.24) is 19.8 Å². The van der Waals surface area contributed by atoms with E-state index in [1.807, 2.05) is 36.6 Å². The number of rotatable bonds is 6. The fraction of sp³-hybridized carbons (Fsp3) is 0.304. The Hall–Kier alpha value is -3.46. The minimum atomic E-state index is -0.377. The zero-order valence-electron chi connectivity index (χ0n) is 18.4. The lowest BCUT2D eigenvalue weighted by Gasteiger charge is -2.27. The van der Waals surface area contributed by atoms with Crippen LogP contribution in [0.2, 0.25) is 0 Å². The average Bonchev–Trinajstić information content (AvgIpc) is 3.28. The molecule has 3 aromatic rings. The number of thiocarbonyl (C=S) groups is 1. The SMILES string of the molecule is CCN1C(=S)N[C@H](c2ccccn2)[C@@H]1c1cc(C)n(-c2ccc(OC)cc2[N+](=O)[O-])c1C. The highest BCUT2D eigenvalue weighted by molar-refractivity contribution is 7.80. The Balaban J connectivity index is 1.87. The molecule has 1 aromatic carbocycles. The van der Waals surface area contributed by atoms with Gasteiger partial charge in [0.25, 0.3) is 5.69 Å². The Labute approximate surface area is 192 Å². The molecule has 0 bridgehead atoms. The number of hydrogen-bond acceptors (Lipinski definition) is 5. The molecule has 0 radical (unpaired) electrons. The first-order chi connectivity index (χ1) is 15.4. The minimum absolute atomic E-state index is 0.00797. The molecular weight excluding hydrogens is 426 g/mol. The third-order valence-corrected chi connectivity index (χ3v) is 6.30. The predicted molar refractivity (Wildman–Crippen MR) is 126 cm³/mol. The van der Waals surface area contributed by atoms with Gasteiger partial charge in [0.1, 0.15) is 11.4 Å². The molecule has 0 amide bonds. The van der Waals surface area contributed by atoms with Crippen molar-refractivity contribution in [3.63, 3.8) is 0 Å². The van der Waals surface area contributed by atoms with Gasteiger partial charge in [0.15, 0.2) is 5.11 Å². The van der Waals surface area contributed by atoms with Gasteiger partial charge in [-0.2, -0.15) is 0 Å². The predicted octanol–water partition coefficient (Wildman–Crippen LogP) is 4.40. The average molecular weight is 452 g/mol. The number of nitrogens with one attached hydrogen (secondary N) is 1. The van der Waals surface area contributed by atoms with Crippen LogP contribution in [-0.2, 0) is 0 Å². The molecule has 1 N–H and O–H groups in total. The number of hydrogen-bond donors (Lipinski definition) is 1. The molecule has 0 unspecified atom stereocenters. The van der Waals surface area contributed by atoms with Gasteiger partial charge in [-0.25, -0.2) is 0 Å². The molecule has 1 fully saturated rings. The van der Waals surface area contributed by atoms with Crippen LogP contribution in [0.4, 0.5) is 5.69 Å². The number of nitro groups is 1. The molecule has 2 aromatic heterocycles. The molecule has 0 saturated carbocycles. The molecule has 0 aliphatic carbocycles. The van der Waals surface area contributed by atoms with Gasteiger partial charge < -0.3 is 19.5 Å². The van der Waals surface area contributed by atoms with Crippen LogP contribution >= 0.6 is 12.2 Å². The normalized spacial score (nSPS) is 18.0. The van der Waals surface area contributed by atoms with Crippen LogP contribution in [0, 0.1) is 24.0 Å². The lowest BCUT2D eigenvalue weighted by molar-refractivity contribution is -0.384. The molecular formula is C23H25N5O3S. The van der Waals surface area contributed by atoms with Crippen LogP contribution in [0.25, 0.3) is 5.69 Å². The Bertz CT molecular complexity index is 1180. The van der Waals surface area contributed by atoms with Crippen LogP contribution in [0.15, 0.2) is 48.7 Å². The van der Waals surface area contributed by atoms with Gasteiger partial charge in [0.2, 0.25) is 0 Å². The van der Waals surface area contributed by atoms with E-state index in [1.54, 1.807) is 18.3 Å². The maximum Gasteiger partial charge on any atom is 0.296 e. The summed E-state index contributed by atoms with van der Waals surface area (Å²) in [4.78, 5) is 18.1. The van der Waals surface area contributed by atoms with Crippen LogP contribution in [0.1, 0.15) is 41.7 Å². The summed E-state index contributed by atoms with van der Waals surface area (Å²) in [6.45, 7) is 6.74. The molecule has 2 atom stereocenters. The van der Waals surface area contributed by atoms with Gasteiger partial charge in [-0.3, -0.25) is 15.1 Å². The molecule has 0 spiro atoms. The topological polar surface area (TPSA) is 85.5 Å². The quantitative estimate of drug-likeness (QED) is 0.338. The zero-order chi connectivity index (χ0) is 23.0. The standard InChI is InChI=1S/C23H25N5O3S/c1-5-26-22(21(25-23(26)32)18-8-6-7-11-24-18)17-12-14(2)27(15(17)3)19-10-9-16(31-4)13-20(19)28(29)30/h6-13,21-22H,5H2,1-4H3,(H,25,32)/t21-,22+/m1/s1. The summed E-state index contributed by atoms with van der Waals surface area (Å²) in [7, 11) is 1.50. The molecule has 1 aliphatic heterocycles. The number of benzene rings is 1. The summed E-state index contributed by atoms with van der Waals surface area (Å²) < 4.78 is 7.12. The number of nitrogens with zero attached hydrogens (tertiary/aromatic N) is 4. The van der Waals surface area contributed by atoms with Gasteiger partial charge in [-0.05, 0) is 68.9 Å². The number of ether oxygens (including phenoxy) is 1. The summed E-state index contributed by atoms with van der Waals surface area (Å²) in [5.41, 5.74) is 4.27. The zero-order valence-corrected chi connectivity index (χ0v) is 19.2.